The van der Waals surface area contributed by atoms with E-state index in [1.807, 2.05) is 11.8 Å². The van der Waals surface area contributed by atoms with Crippen molar-refractivity contribution in [1.29, 1.82) is 0 Å². The van der Waals surface area contributed by atoms with Crippen LogP contribution in [0.15, 0.2) is 0 Å². The first kappa shape index (κ1) is 14.2. The van der Waals surface area contributed by atoms with Gasteiger partial charge in [-0.05, 0) is 25.7 Å². The van der Waals surface area contributed by atoms with E-state index in [9.17, 15) is 9.59 Å². The average molecular weight is 267 g/mol. The number of nitrogens with zero attached hydrogens (tertiary/aromatic N) is 2. The molecule has 1 N–H and O–H groups in total. The second kappa shape index (κ2) is 6.78. The minimum Gasteiger partial charge on any atom is -0.339 e. The number of piperazine rings is 1. The third-order valence-corrected chi connectivity index (χ3v) is 4.19. The van der Waals surface area contributed by atoms with Gasteiger partial charge in [0.25, 0.3) is 0 Å². The molecule has 1 saturated carbocycles. The summed E-state index contributed by atoms with van der Waals surface area (Å²) in [6.07, 6.45) is 5.70. The van der Waals surface area contributed by atoms with Crippen molar-refractivity contribution in [2.75, 3.05) is 32.7 Å². The third kappa shape index (κ3) is 3.85. The second-order valence-electron chi connectivity index (χ2n) is 5.56. The summed E-state index contributed by atoms with van der Waals surface area (Å²) in [5, 5.41) is 2.80. The summed E-state index contributed by atoms with van der Waals surface area (Å²) in [5.74, 6) is 0.886. The molecule has 0 bridgehead atoms. The van der Waals surface area contributed by atoms with E-state index in [2.05, 4.69) is 5.32 Å². The number of carbonyl (C=O) groups excluding carboxylic acids is 2. The maximum atomic E-state index is 12.2. The van der Waals surface area contributed by atoms with Gasteiger partial charge < -0.3 is 15.1 Å². The summed E-state index contributed by atoms with van der Waals surface area (Å²) in [6, 6.07) is -0.00890. The van der Waals surface area contributed by atoms with E-state index >= 15 is 0 Å². The molecule has 1 aliphatic heterocycles. The molecule has 2 rings (SSSR count). The SMILES string of the molecule is CCNC(=O)N1CCN(C(=O)CC2CCCC2)CC1. The molecule has 1 aliphatic carbocycles. The minimum atomic E-state index is -0.00890. The Balaban J connectivity index is 1.72. The Morgan fingerprint density at radius 3 is 2.21 bits per heavy atom. The number of rotatable bonds is 3. The van der Waals surface area contributed by atoms with Crippen LogP contribution in [0.1, 0.15) is 39.0 Å². The van der Waals surface area contributed by atoms with Gasteiger partial charge in [0.05, 0.1) is 0 Å². The summed E-state index contributed by atoms with van der Waals surface area (Å²) in [6.45, 7) is 5.24. The van der Waals surface area contributed by atoms with Crippen LogP contribution in [0.25, 0.3) is 0 Å². The van der Waals surface area contributed by atoms with E-state index in [0.717, 1.165) is 0 Å². The van der Waals surface area contributed by atoms with Crippen molar-refractivity contribution in [2.45, 2.75) is 39.0 Å². The van der Waals surface area contributed by atoms with Crippen LogP contribution in [-0.4, -0.2) is 54.5 Å². The maximum absolute atomic E-state index is 12.2. The molecule has 0 aromatic carbocycles. The largest absolute Gasteiger partial charge is 0.339 e. The van der Waals surface area contributed by atoms with Gasteiger partial charge in [0, 0.05) is 39.1 Å². The topological polar surface area (TPSA) is 52.7 Å². The first-order valence-electron chi connectivity index (χ1n) is 7.51. The zero-order valence-electron chi connectivity index (χ0n) is 11.9. The van der Waals surface area contributed by atoms with Gasteiger partial charge in [0.2, 0.25) is 5.91 Å². The normalized spacial score (nSPS) is 20.7. The molecule has 3 amide bonds. The Kier molecular flexibility index (Phi) is 5.05. The van der Waals surface area contributed by atoms with Crippen LogP contribution in [0.2, 0.25) is 0 Å². The fraction of sp³-hybridized carbons (Fsp3) is 0.857. The van der Waals surface area contributed by atoms with Crippen LogP contribution in [0, 0.1) is 5.92 Å². The van der Waals surface area contributed by atoms with Crippen LogP contribution in [-0.2, 0) is 4.79 Å². The molecule has 0 aromatic rings. The van der Waals surface area contributed by atoms with Crippen molar-refractivity contribution < 1.29 is 9.59 Å². The monoisotopic (exact) mass is 267 g/mol. The van der Waals surface area contributed by atoms with Crippen LogP contribution < -0.4 is 5.32 Å². The van der Waals surface area contributed by atoms with Crippen molar-refractivity contribution in [1.82, 2.24) is 15.1 Å². The van der Waals surface area contributed by atoms with Crippen molar-refractivity contribution in [3.05, 3.63) is 0 Å². The lowest BCUT2D eigenvalue weighted by Crippen LogP contribution is -2.53. The molecule has 5 heteroatoms. The number of nitrogens with one attached hydrogen (secondary N) is 1. The molecule has 2 aliphatic rings. The molecular weight excluding hydrogens is 242 g/mol. The van der Waals surface area contributed by atoms with Gasteiger partial charge in [-0.25, -0.2) is 4.79 Å². The van der Waals surface area contributed by atoms with Crippen molar-refractivity contribution in [3.8, 4) is 0 Å². The number of urea groups is 1. The predicted octanol–water partition coefficient (Wildman–Crippen LogP) is 1.44. The number of hydrogen-bond acceptors (Lipinski definition) is 2. The average Bonchev–Trinajstić information content (AvgIpc) is 2.92. The minimum absolute atomic E-state index is 0.00890. The van der Waals surface area contributed by atoms with E-state index in [-0.39, 0.29) is 11.9 Å². The van der Waals surface area contributed by atoms with Crippen LogP contribution in [0.3, 0.4) is 0 Å². The Morgan fingerprint density at radius 2 is 1.63 bits per heavy atom. The van der Waals surface area contributed by atoms with Gasteiger partial charge >= 0.3 is 6.03 Å². The smallest absolute Gasteiger partial charge is 0.317 e. The zero-order chi connectivity index (χ0) is 13.7. The fourth-order valence-corrected chi connectivity index (χ4v) is 3.01. The molecule has 1 heterocycles. The summed E-state index contributed by atoms with van der Waals surface area (Å²) in [4.78, 5) is 27.5. The Hall–Kier alpha value is -1.26. The van der Waals surface area contributed by atoms with E-state index in [1.165, 1.54) is 25.7 Å². The third-order valence-electron chi connectivity index (χ3n) is 4.19. The van der Waals surface area contributed by atoms with E-state index < -0.39 is 0 Å². The maximum Gasteiger partial charge on any atom is 0.317 e. The van der Waals surface area contributed by atoms with Crippen molar-refractivity contribution >= 4 is 11.9 Å². The predicted molar refractivity (Wildman–Crippen MR) is 73.8 cm³/mol. The van der Waals surface area contributed by atoms with Gasteiger partial charge in [0.1, 0.15) is 0 Å². The molecule has 19 heavy (non-hydrogen) atoms. The molecule has 0 atom stereocenters. The van der Waals surface area contributed by atoms with Gasteiger partial charge in [-0.15, -0.1) is 0 Å². The summed E-state index contributed by atoms with van der Waals surface area (Å²) in [7, 11) is 0. The molecule has 5 nitrogen and oxygen atoms in total. The number of hydrogen-bond donors (Lipinski definition) is 1. The molecular formula is C14H25N3O2. The number of carbonyl (C=O) groups is 2. The lowest BCUT2D eigenvalue weighted by molar-refractivity contribution is -0.133. The van der Waals surface area contributed by atoms with Gasteiger partial charge in [-0.2, -0.15) is 0 Å². The van der Waals surface area contributed by atoms with E-state index in [4.69, 9.17) is 0 Å². The molecule has 0 unspecified atom stereocenters. The van der Waals surface area contributed by atoms with Crippen LogP contribution in [0.5, 0.6) is 0 Å². The molecule has 1 saturated heterocycles. The first-order chi connectivity index (χ1) is 9.20. The first-order valence-corrected chi connectivity index (χ1v) is 7.51. The van der Waals surface area contributed by atoms with E-state index in [1.54, 1.807) is 4.90 Å². The molecule has 2 fully saturated rings. The van der Waals surface area contributed by atoms with Crippen LogP contribution >= 0.6 is 0 Å². The quantitative estimate of drug-likeness (QED) is 0.841. The highest BCUT2D eigenvalue weighted by Gasteiger charge is 2.26. The standard InChI is InChI=1S/C14H25N3O2/c1-2-15-14(19)17-9-7-16(8-10-17)13(18)11-12-5-3-4-6-12/h12H,2-11H2,1H3,(H,15,19). The Morgan fingerprint density at radius 1 is 1.05 bits per heavy atom. The summed E-state index contributed by atoms with van der Waals surface area (Å²) < 4.78 is 0. The highest BCUT2D eigenvalue weighted by Crippen LogP contribution is 2.28. The summed E-state index contributed by atoms with van der Waals surface area (Å²) >= 11 is 0. The fourth-order valence-electron chi connectivity index (χ4n) is 3.01. The Bertz CT molecular complexity index is 319. The van der Waals surface area contributed by atoms with Crippen LogP contribution in [0.4, 0.5) is 4.79 Å². The van der Waals surface area contributed by atoms with Gasteiger partial charge in [0.15, 0.2) is 0 Å². The Labute approximate surface area is 115 Å². The molecule has 0 aromatic heterocycles. The van der Waals surface area contributed by atoms with Gasteiger partial charge in [-0.3, -0.25) is 4.79 Å². The van der Waals surface area contributed by atoms with E-state index in [0.29, 0.717) is 45.1 Å². The van der Waals surface area contributed by atoms with Gasteiger partial charge in [-0.1, -0.05) is 12.8 Å². The number of amides is 3. The van der Waals surface area contributed by atoms with Crippen molar-refractivity contribution in [3.63, 3.8) is 0 Å². The lowest BCUT2D eigenvalue weighted by Gasteiger charge is -2.35. The highest BCUT2D eigenvalue weighted by molar-refractivity contribution is 5.78. The van der Waals surface area contributed by atoms with Crippen molar-refractivity contribution in [2.24, 2.45) is 5.92 Å². The molecule has 108 valence electrons. The molecule has 0 spiro atoms. The zero-order valence-corrected chi connectivity index (χ0v) is 11.9. The second-order valence-corrected chi connectivity index (χ2v) is 5.56. The summed E-state index contributed by atoms with van der Waals surface area (Å²) in [5.41, 5.74) is 0. The lowest BCUT2D eigenvalue weighted by atomic mass is 10.0. The highest BCUT2D eigenvalue weighted by atomic mass is 16.2. The molecule has 0 radical (unpaired) electrons.